The van der Waals surface area contributed by atoms with Crippen molar-refractivity contribution in [3.63, 3.8) is 0 Å². The zero-order valence-corrected chi connectivity index (χ0v) is 49.9. The highest BCUT2D eigenvalue weighted by Gasteiger charge is 2.30. The van der Waals surface area contributed by atoms with Crippen molar-refractivity contribution in [2.75, 3.05) is 24.7 Å². The van der Waals surface area contributed by atoms with Gasteiger partial charge in [-0.25, -0.2) is 0 Å². The van der Waals surface area contributed by atoms with Gasteiger partial charge in [0, 0.05) is 30.3 Å². The van der Waals surface area contributed by atoms with Gasteiger partial charge < -0.3 is 29.9 Å². The Morgan fingerprint density at radius 3 is 1.01 bits per heavy atom. The molecule has 0 bridgehead atoms. The molecule has 0 amide bonds. The average Bonchev–Trinajstić information content (AvgIpc) is 3.22. The second-order valence-electron chi connectivity index (χ2n) is 26.4. The van der Waals surface area contributed by atoms with E-state index in [4.69, 9.17) is 9.47 Å². The van der Waals surface area contributed by atoms with E-state index in [0.29, 0.717) is 60.6 Å². The van der Waals surface area contributed by atoms with Gasteiger partial charge in [-0.2, -0.15) is 11.8 Å². The first kappa shape index (κ1) is 62.7. The zero-order valence-electron chi connectivity index (χ0n) is 49.1. The van der Waals surface area contributed by atoms with Crippen LogP contribution in [0.5, 0.6) is 23.0 Å². The molecule has 0 aliphatic carbocycles. The van der Waals surface area contributed by atoms with Crippen LogP contribution in [0.25, 0.3) is 0 Å². The molecule has 0 saturated heterocycles. The molecule has 4 rings (SSSR count). The van der Waals surface area contributed by atoms with Crippen LogP contribution in [-0.2, 0) is 64.4 Å². The van der Waals surface area contributed by atoms with E-state index >= 15 is 0 Å². The van der Waals surface area contributed by atoms with E-state index in [0.717, 1.165) is 68.5 Å². The smallest absolute Gasteiger partial charge is 0.306 e. The third-order valence-electron chi connectivity index (χ3n) is 13.5. The van der Waals surface area contributed by atoms with Gasteiger partial charge in [-0.1, -0.05) is 174 Å². The molecule has 0 aliphatic rings. The molecule has 406 valence electrons. The van der Waals surface area contributed by atoms with Crippen molar-refractivity contribution in [2.45, 2.75) is 222 Å². The highest BCUT2D eigenvalue weighted by atomic mass is 32.2. The number of carbonyl (C=O) groups excluding carboxylic acids is 2. The molecule has 0 saturated carbocycles. The standard InChI is InChI=1S/C38H58O6S.C26H38O2/c1-35(2,3)27-21-25(22-28(33(27)41)36(4,5)6)13-15-31(39)43-17-19-45-20-18-44-32(40)16-14-26-23-29(37(7,8)9)34(42)30(24-26)38(10,11)12;1-10-11-18(19-14-21(25(4,5)6)23(27)12-16(19)2)20-15-22(26(7,8)9)24(28)13-17(20)3/h21-24,41-42H,13-20H2,1-12H3;12-15,18,27-28H,10-11H2,1-9H3. The van der Waals surface area contributed by atoms with Crippen molar-refractivity contribution >= 4 is 23.7 Å². The Balaban J connectivity index is 0.000000429. The maximum Gasteiger partial charge on any atom is 0.306 e. The SMILES string of the molecule is CC(C)(C)c1cc(CCC(=O)OCCSCCOC(=O)CCc2cc(C(C)(C)C)c(O)c(C(C)(C)C)c2)cc(C(C)(C)C)c1O.CCCC(c1cc(C(C)(C)C)c(O)cc1C)c1cc(C(C)(C)C)c(O)cc1C. The van der Waals surface area contributed by atoms with Crippen molar-refractivity contribution in [1.29, 1.82) is 0 Å². The molecule has 0 heterocycles. The van der Waals surface area contributed by atoms with Gasteiger partial charge in [0.1, 0.15) is 36.2 Å². The highest BCUT2D eigenvalue weighted by Crippen LogP contribution is 2.44. The fourth-order valence-corrected chi connectivity index (χ4v) is 9.88. The molecular formula is C64H96O8S. The number of thioether (sulfide) groups is 1. The van der Waals surface area contributed by atoms with Crippen molar-refractivity contribution in [1.82, 2.24) is 0 Å². The van der Waals surface area contributed by atoms with Crippen molar-refractivity contribution in [2.24, 2.45) is 0 Å². The van der Waals surface area contributed by atoms with Crippen LogP contribution >= 0.6 is 11.8 Å². The minimum absolute atomic E-state index is 0.121. The first-order valence-corrected chi connectivity index (χ1v) is 27.7. The molecule has 0 spiro atoms. The summed E-state index contributed by atoms with van der Waals surface area (Å²) in [6.07, 6.45) is 3.75. The van der Waals surface area contributed by atoms with Gasteiger partial charge in [-0.3, -0.25) is 9.59 Å². The predicted molar refractivity (Wildman–Crippen MR) is 307 cm³/mol. The summed E-state index contributed by atoms with van der Waals surface area (Å²) in [6.45, 7) is 44.8. The van der Waals surface area contributed by atoms with Gasteiger partial charge in [0.05, 0.1) is 0 Å². The Kier molecular flexibility index (Phi) is 21.3. The first-order valence-electron chi connectivity index (χ1n) is 26.6. The lowest BCUT2D eigenvalue weighted by molar-refractivity contribution is -0.143. The number of benzene rings is 4. The monoisotopic (exact) mass is 1020 g/mol. The van der Waals surface area contributed by atoms with Gasteiger partial charge in [0.15, 0.2) is 0 Å². The molecular weight excluding hydrogens is 929 g/mol. The number of phenolic OH excluding ortho intramolecular Hbond substituents is 4. The summed E-state index contributed by atoms with van der Waals surface area (Å²) in [6, 6.07) is 16.3. The van der Waals surface area contributed by atoms with Crippen LogP contribution in [0.1, 0.15) is 230 Å². The van der Waals surface area contributed by atoms with Crippen LogP contribution in [0.3, 0.4) is 0 Å². The summed E-state index contributed by atoms with van der Waals surface area (Å²) in [5.41, 5.74) is 11.2. The average molecular weight is 1030 g/mol. The fourth-order valence-electron chi connectivity index (χ4n) is 9.27. The largest absolute Gasteiger partial charge is 0.508 e. The molecule has 0 atom stereocenters. The van der Waals surface area contributed by atoms with E-state index in [1.165, 1.54) is 11.1 Å². The van der Waals surface area contributed by atoms with E-state index in [1.807, 2.05) is 36.4 Å². The third-order valence-corrected chi connectivity index (χ3v) is 14.4. The van der Waals surface area contributed by atoms with E-state index in [2.05, 4.69) is 158 Å². The van der Waals surface area contributed by atoms with Gasteiger partial charge in [-0.05, 0) is 144 Å². The van der Waals surface area contributed by atoms with Crippen LogP contribution < -0.4 is 0 Å². The van der Waals surface area contributed by atoms with Crippen molar-refractivity contribution in [3.8, 4) is 23.0 Å². The van der Waals surface area contributed by atoms with Gasteiger partial charge in [0.2, 0.25) is 0 Å². The molecule has 4 aromatic carbocycles. The molecule has 0 aliphatic heterocycles. The van der Waals surface area contributed by atoms with Gasteiger partial charge >= 0.3 is 11.9 Å². The summed E-state index contributed by atoms with van der Waals surface area (Å²) >= 11 is 1.58. The second-order valence-corrected chi connectivity index (χ2v) is 27.7. The minimum atomic E-state index is -0.247. The molecule has 0 unspecified atom stereocenters. The number of aromatic hydroxyl groups is 4. The molecule has 0 radical (unpaired) electrons. The van der Waals surface area contributed by atoms with Crippen LogP contribution in [-0.4, -0.2) is 57.1 Å². The first-order chi connectivity index (χ1) is 33.3. The molecule has 73 heavy (non-hydrogen) atoms. The Bertz CT molecular complexity index is 2270. The molecule has 8 nitrogen and oxygen atoms in total. The number of esters is 2. The summed E-state index contributed by atoms with van der Waals surface area (Å²) in [5, 5.41) is 42.9. The number of ether oxygens (including phenoxy) is 2. The van der Waals surface area contributed by atoms with Crippen molar-refractivity contribution in [3.05, 3.63) is 115 Å². The Morgan fingerprint density at radius 2 is 0.753 bits per heavy atom. The summed E-state index contributed by atoms with van der Waals surface area (Å²) < 4.78 is 10.9. The Hall–Kier alpha value is -4.63. The van der Waals surface area contributed by atoms with Gasteiger partial charge in [0.25, 0.3) is 0 Å². The summed E-state index contributed by atoms with van der Waals surface area (Å²) in [4.78, 5) is 24.8. The van der Waals surface area contributed by atoms with Crippen LogP contribution in [0.2, 0.25) is 0 Å². The van der Waals surface area contributed by atoms with E-state index in [-0.39, 0.29) is 63.2 Å². The van der Waals surface area contributed by atoms with E-state index < -0.39 is 0 Å². The number of phenols is 4. The number of aryl methyl sites for hydroxylation is 4. The number of rotatable bonds is 16. The molecule has 9 heteroatoms. The normalized spacial score (nSPS) is 12.7. The van der Waals surface area contributed by atoms with Crippen LogP contribution in [0, 0.1) is 13.8 Å². The quantitative estimate of drug-likeness (QED) is 0.0639. The topological polar surface area (TPSA) is 134 Å². The zero-order chi connectivity index (χ0) is 55.8. The summed E-state index contributed by atoms with van der Waals surface area (Å²) in [5.74, 6) is 2.44. The molecule has 4 aromatic rings. The minimum Gasteiger partial charge on any atom is -0.508 e. The van der Waals surface area contributed by atoms with Gasteiger partial charge in [-0.15, -0.1) is 0 Å². The molecule has 4 N–H and O–H groups in total. The second kappa shape index (κ2) is 24.8. The lowest BCUT2D eigenvalue weighted by Crippen LogP contribution is -2.18. The number of hydrogen-bond donors (Lipinski definition) is 4. The van der Waals surface area contributed by atoms with E-state index in [1.54, 1.807) is 11.8 Å². The lowest BCUT2D eigenvalue weighted by Gasteiger charge is -2.29. The fraction of sp³-hybridized carbons (Fsp3) is 0.594. The van der Waals surface area contributed by atoms with E-state index in [9.17, 15) is 30.0 Å². The van der Waals surface area contributed by atoms with Crippen LogP contribution in [0.4, 0.5) is 0 Å². The Morgan fingerprint density at radius 1 is 0.466 bits per heavy atom. The third kappa shape index (κ3) is 18.0. The maximum absolute atomic E-state index is 12.4. The number of hydrogen-bond acceptors (Lipinski definition) is 9. The predicted octanol–water partition coefficient (Wildman–Crippen LogP) is 15.9. The number of carbonyl (C=O) groups is 2. The lowest BCUT2D eigenvalue weighted by atomic mass is 9.76. The summed E-state index contributed by atoms with van der Waals surface area (Å²) in [7, 11) is 0. The Labute approximate surface area is 446 Å². The highest BCUT2D eigenvalue weighted by molar-refractivity contribution is 7.99. The van der Waals surface area contributed by atoms with Crippen LogP contribution in [0.15, 0.2) is 48.5 Å². The molecule has 0 aromatic heterocycles. The van der Waals surface area contributed by atoms with Crippen molar-refractivity contribution < 1.29 is 39.5 Å². The maximum atomic E-state index is 12.4. The molecule has 0 fully saturated rings.